The summed E-state index contributed by atoms with van der Waals surface area (Å²) in [5.74, 6) is -1.08. The molecule has 1 aliphatic rings. The minimum absolute atomic E-state index is 0.143. The fourth-order valence-electron chi connectivity index (χ4n) is 1.57. The average molecular weight is 270 g/mol. The molecule has 6 heteroatoms. The third kappa shape index (κ3) is 3.19. The third-order valence-corrected chi connectivity index (χ3v) is 4.02. The summed E-state index contributed by atoms with van der Waals surface area (Å²) in [4.78, 5) is 10.9. The number of aliphatic carboxylic acids is 1. The van der Waals surface area contributed by atoms with E-state index in [1.807, 2.05) is 30.3 Å². The number of hydrogen-bond acceptors (Lipinski definition) is 4. The van der Waals surface area contributed by atoms with E-state index in [1.165, 1.54) is 6.66 Å². The average Bonchev–Trinajstić information content (AvgIpc) is 3.08. The van der Waals surface area contributed by atoms with E-state index >= 15 is 0 Å². The number of carboxylic acid groups (broad SMARTS) is 1. The Balaban J connectivity index is 1.92. The van der Waals surface area contributed by atoms with E-state index < -0.39 is 19.2 Å². The first kappa shape index (κ1) is 13.3. The summed E-state index contributed by atoms with van der Waals surface area (Å²) < 4.78 is 22.4. The van der Waals surface area contributed by atoms with Gasteiger partial charge in [-0.05, 0) is 18.4 Å². The molecule has 2 rings (SSSR count). The van der Waals surface area contributed by atoms with Gasteiger partial charge in [0.2, 0.25) is 0 Å². The van der Waals surface area contributed by atoms with Crippen molar-refractivity contribution in [3.63, 3.8) is 0 Å². The zero-order valence-corrected chi connectivity index (χ0v) is 10.9. The van der Waals surface area contributed by atoms with Crippen molar-refractivity contribution >= 4 is 13.6 Å². The van der Waals surface area contributed by atoms with Gasteiger partial charge < -0.3 is 9.63 Å². The van der Waals surface area contributed by atoms with Crippen molar-refractivity contribution < 1.29 is 23.5 Å². The SMILES string of the molecule is CP(=O)(OCc1ccccc1)OC1(C(=O)O)CC1. The van der Waals surface area contributed by atoms with Crippen LogP contribution in [0.5, 0.6) is 0 Å². The minimum atomic E-state index is -3.35. The van der Waals surface area contributed by atoms with Crippen molar-refractivity contribution in [3.05, 3.63) is 35.9 Å². The molecule has 0 saturated heterocycles. The largest absolute Gasteiger partial charge is 0.479 e. The Morgan fingerprint density at radius 3 is 2.50 bits per heavy atom. The van der Waals surface area contributed by atoms with Crippen molar-refractivity contribution in [1.29, 1.82) is 0 Å². The lowest BCUT2D eigenvalue weighted by Gasteiger charge is -2.18. The maximum atomic E-state index is 12.0. The van der Waals surface area contributed by atoms with Gasteiger partial charge in [0.05, 0.1) is 6.61 Å². The second-order valence-corrected chi connectivity index (χ2v) is 6.40. The van der Waals surface area contributed by atoms with Gasteiger partial charge in [0, 0.05) is 6.66 Å². The van der Waals surface area contributed by atoms with Gasteiger partial charge in [-0.3, -0.25) is 9.09 Å². The summed E-state index contributed by atoms with van der Waals surface area (Å²) in [7, 11) is -3.35. The monoisotopic (exact) mass is 270 g/mol. The molecular weight excluding hydrogens is 255 g/mol. The summed E-state index contributed by atoms with van der Waals surface area (Å²) in [5, 5.41) is 8.95. The molecule has 0 aliphatic heterocycles. The Morgan fingerprint density at radius 1 is 1.39 bits per heavy atom. The predicted molar refractivity (Wildman–Crippen MR) is 65.4 cm³/mol. The number of benzene rings is 1. The molecule has 5 nitrogen and oxygen atoms in total. The zero-order valence-electron chi connectivity index (χ0n) is 10.0. The van der Waals surface area contributed by atoms with Crippen molar-refractivity contribution in [2.75, 3.05) is 6.66 Å². The highest BCUT2D eigenvalue weighted by atomic mass is 31.2. The van der Waals surface area contributed by atoms with Crippen molar-refractivity contribution in [2.24, 2.45) is 0 Å². The molecular formula is C12H15O5P. The van der Waals surface area contributed by atoms with Crippen molar-refractivity contribution in [2.45, 2.75) is 25.0 Å². The summed E-state index contributed by atoms with van der Waals surface area (Å²) in [6.45, 7) is 1.45. The smallest absolute Gasteiger partial charge is 0.336 e. The Morgan fingerprint density at radius 2 is 2.00 bits per heavy atom. The molecule has 1 N–H and O–H groups in total. The van der Waals surface area contributed by atoms with E-state index in [0.717, 1.165) is 5.56 Å². The van der Waals surface area contributed by atoms with Crippen LogP contribution in [0.2, 0.25) is 0 Å². The highest BCUT2D eigenvalue weighted by Crippen LogP contribution is 2.56. The maximum Gasteiger partial charge on any atom is 0.336 e. The quantitative estimate of drug-likeness (QED) is 0.804. The van der Waals surface area contributed by atoms with Crippen LogP contribution in [0, 0.1) is 0 Å². The van der Waals surface area contributed by atoms with Crippen LogP contribution in [0.4, 0.5) is 0 Å². The van der Waals surface area contributed by atoms with E-state index in [2.05, 4.69) is 0 Å². The molecule has 0 spiro atoms. The molecule has 0 heterocycles. The van der Waals surface area contributed by atoms with E-state index in [9.17, 15) is 9.36 Å². The van der Waals surface area contributed by atoms with Crippen LogP contribution < -0.4 is 0 Å². The normalized spacial score (nSPS) is 20.1. The minimum Gasteiger partial charge on any atom is -0.479 e. The Hall–Kier alpha value is -1.16. The summed E-state index contributed by atoms with van der Waals surface area (Å²) in [5.41, 5.74) is -0.426. The van der Waals surface area contributed by atoms with Gasteiger partial charge in [0.1, 0.15) is 0 Å². The molecule has 1 atom stereocenters. The fourth-order valence-corrected chi connectivity index (χ4v) is 2.90. The van der Waals surface area contributed by atoms with Crippen LogP contribution in [-0.2, 0) is 25.0 Å². The lowest BCUT2D eigenvalue weighted by atomic mass is 10.2. The van der Waals surface area contributed by atoms with Crippen LogP contribution in [0.3, 0.4) is 0 Å². The summed E-state index contributed by atoms with van der Waals surface area (Å²) in [6, 6.07) is 9.24. The molecule has 0 radical (unpaired) electrons. The summed E-state index contributed by atoms with van der Waals surface area (Å²) >= 11 is 0. The number of carboxylic acids is 1. The Kier molecular flexibility index (Phi) is 3.57. The molecule has 18 heavy (non-hydrogen) atoms. The number of hydrogen-bond donors (Lipinski definition) is 1. The van der Waals surface area contributed by atoms with E-state index in [4.69, 9.17) is 14.2 Å². The summed E-state index contributed by atoms with van der Waals surface area (Å²) in [6.07, 6.45) is 0.768. The highest BCUT2D eigenvalue weighted by Gasteiger charge is 2.55. The molecule has 98 valence electrons. The first-order valence-corrected chi connectivity index (χ1v) is 7.63. The van der Waals surface area contributed by atoms with Gasteiger partial charge in [-0.25, -0.2) is 4.79 Å². The molecule has 1 aromatic carbocycles. The molecule has 1 fully saturated rings. The zero-order chi connectivity index (χ0) is 13.2. The molecule has 1 unspecified atom stereocenters. The third-order valence-electron chi connectivity index (χ3n) is 2.74. The standard InChI is InChI=1S/C12H15O5P/c1-18(15,17-12(7-8-12)11(13)14)16-9-10-5-3-2-4-6-10/h2-6H,7-9H2,1H3,(H,13,14). The van der Waals surface area contributed by atoms with E-state index in [0.29, 0.717) is 12.8 Å². The van der Waals surface area contributed by atoms with Crippen LogP contribution in [0.15, 0.2) is 30.3 Å². The Labute approximate surface area is 105 Å². The first-order chi connectivity index (χ1) is 8.44. The van der Waals surface area contributed by atoms with Crippen LogP contribution in [0.25, 0.3) is 0 Å². The molecule has 1 saturated carbocycles. The van der Waals surface area contributed by atoms with Gasteiger partial charge in [-0.15, -0.1) is 0 Å². The van der Waals surface area contributed by atoms with Crippen molar-refractivity contribution in [1.82, 2.24) is 0 Å². The molecule has 1 aromatic rings. The molecule has 0 amide bonds. The van der Waals surface area contributed by atoms with Crippen LogP contribution in [-0.4, -0.2) is 23.3 Å². The number of carbonyl (C=O) groups is 1. The van der Waals surface area contributed by atoms with Gasteiger partial charge in [0.25, 0.3) is 0 Å². The maximum absolute atomic E-state index is 12.0. The molecule has 0 bridgehead atoms. The van der Waals surface area contributed by atoms with Gasteiger partial charge in [-0.1, -0.05) is 30.3 Å². The second-order valence-electron chi connectivity index (χ2n) is 4.42. The van der Waals surface area contributed by atoms with Gasteiger partial charge in [0.15, 0.2) is 5.60 Å². The number of rotatable bonds is 6. The van der Waals surface area contributed by atoms with Crippen LogP contribution >= 0.6 is 7.60 Å². The first-order valence-electron chi connectivity index (χ1n) is 5.64. The van der Waals surface area contributed by atoms with Gasteiger partial charge >= 0.3 is 13.6 Å². The predicted octanol–water partition coefficient (Wildman–Crippen LogP) is 2.66. The van der Waals surface area contributed by atoms with Gasteiger partial charge in [-0.2, -0.15) is 0 Å². The second kappa shape index (κ2) is 4.84. The Bertz CT molecular complexity index is 481. The van der Waals surface area contributed by atoms with E-state index in [-0.39, 0.29) is 6.61 Å². The van der Waals surface area contributed by atoms with Crippen molar-refractivity contribution in [3.8, 4) is 0 Å². The fraction of sp³-hybridized carbons (Fsp3) is 0.417. The lowest BCUT2D eigenvalue weighted by molar-refractivity contribution is -0.147. The molecule has 1 aliphatic carbocycles. The highest BCUT2D eigenvalue weighted by molar-refractivity contribution is 7.53. The lowest BCUT2D eigenvalue weighted by Crippen LogP contribution is -2.24. The molecule has 0 aromatic heterocycles. The van der Waals surface area contributed by atoms with Crippen LogP contribution in [0.1, 0.15) is 18.4 Å². The topological polar surface area (TPSA) is 72.8 Å². The van der Waals surface area contributed by atoms with E-state index in [1.54, 1.807) is 0 Å².